The Kier molecular flexibility index (Phi) is 15.4. The number of rotatable bonds is 21. The van der Waals surface area contributed by atoms with Crippen LogP contribution in [0.2, 0.25) is 0 Å². The summed E-state index contributed by atoms with van der Waals surface area (Å²) < 4.78 is 22.1. The van der Waals surface area contributed by atoms with Crippen molar-refractivity contribution in [1.82, 2.24) is 4.98 Å². The Morgan fingerprint density at radius 3 is 1.84 bits per heavy atom. The maximum absolute atomic E-state index is 12.6. The molecule has 3 rings (SSSR count). The van der Waals surface area contributed by atoms with Crippen molar-refractivity contribution in [2.45, 2.75) is 77.6 Å². The summed E-state index contributed by atoms with van der Waals surface area (Å²) in [6, 6.07) is 18.2. The molecule has 1 aromatic heterocycles. The fourth-order valence-electron chi connectivity index (χ4n) is 4.41. The smallest absolute Gasteiger partial charge is 0.343 e. The van der Waals surface area contributed by atoms with Gasteiger partial charge in [0.1, 0.15) is 17.2 Å². The molecular formula is C36H45NO6. The molecule has 0 fully saturated rings. The van der Waals surface area contributed by atoms with Crippen LogP contribution in [0.25, 0.3) is 11.3 Å². The van der Waals surface area contributed by atoms with E-state index in [9.17, 15) is 9.59 Å². The van der Waals surface area contributed by atoms with Gasteiger partial charge in [-0.25, -0.2) is 9.59 Å². The third-order valence-corrected chi connectivity index (χ3v) is 6.92. The number of pyridine rings is 1. The maximum atomic E-state index is 12.6. The Morgan fingerprint density at radius 2 is 1.23 bits per heavy atom. The van der Waals surface area contributed by atoms with E-state index in [4.69, 9.17) is 18.9 Å². The first-order chi connectivity index (χ1) is 21.1. The molecule has 2 aromatic carbocycles. The summed E-state index contributed by atoms with van der Waals surface area (Å²) in [5, 5.41) is 0. The van der Waals surface area contributed by atoms with Crippen LogP contribution in [0.15, 0.2) is 79.5 Å². The zero-order valence-electron chi connectivity index (χ0n) is 25.4. The molecule has 1 heterocycles. The van der Waals surface area contributed by atoms with E-state index in [1.807, 2.05) is 24.3 Å². The summed E-state index contributed by atoms with van der Waals surface area (Å²) in [6.45, 7) is 7.38. The van der Waals surface area contributed by atoms with E-state index in [0.29, 0.717) is 31.1 Å². The lowest BCUT2D eigenvalue weighted by atomic mass is 10.1. The molecule has 0 aliphatic carbocycles. The van der Waals surface area contributed by atoms with Gasteiger partial charge < -0.3 is 18.9 Å². The number of hydrogen-bond acceptors (Lipinski definition) is 7. The number of carbonyl (C=O) groups excluding carboxylic acids is 2. The highest BCUT2D eigenvalue weighted by atomic mass is 16.5. The first-order valence-corrected chi connectivity index (χ1v) is 15.5. The predicted octanol–water partition coefficient (Wildman–Crippen LogP) is 8.77. The van der Waals surface area contributed by atoms with E-state index in [0.717, 1.165) is 74.1 Å². The molecule has 0 bridgehead atoms. The minimum absolute atomic E-state index is 0.349. The second-order valence-electron chi connectivity index (χ2n) is 10.4. The van der Waals surface area contributed by atoms with Gasteiger partial charge in [-0.2, -0.15) is 0 Å². The average Bonchev–Trinajstić information content (AvgIpc) is 3.04. The number of carbonyl (C=O) groups is 2. The molecule has 7 nitrogen and oxygen atoms in total. The molecule has 0 aliphatic rings. The molecule has 0 amide bonds. The van der Waals surface area contributed by atoms with E-state index >= 15 is 0 Å². The van der Waals surface area contributed by atoms with Crippen LogP contribution in [0.1, 0.15) is 87.9 Å². The van der Waals surface area contributed by atoms with Gasteiger partial charge in [-0.1, -0.05) is 64.9 Å². The molecule has 0 saturated carbocycles. The van der Waals surface area contributed by atoms with Gasteiger partial charge in [0.2, 0.25) is 0 Å². The van der Waals surface area contributed by atoms with Crippen molar-refractivity contribution in [3.05, 3.63) is 85.1 Å². The number of ether oxygens (including phenoxy) is 4. The first kappa shape index (κ1) is 33.4. The minimum Gasteiger partial charge on any atom is -0.494 e. The summed E-state index contributed by atoms with van der Waals surface area (Å²) in [4.78, 5) is 28.1. The van der Waals surface area contributed by atoms with Crippen LogP contribution in [-0.4, -0.2) is 36.7 Å². The van der Waals surface area contributed by atoms with Gasteiger partial charge in [-0.05, 0) is 79.9 Å². The minimum atomic E-state index is -0.417. The summed E-state index contributed by atoms with van der Waals surface area (Å²) >= 11 is 0. The highest BCUT2D eigenvalue weighted by molar-refractivity contribution is 5.91. The van der Waals surface area contributed by atoms with Crippen LogP contribution in [0.4, 0.5) is 0 Å². The zero-order valence-corrected chi connectivity index (χ0v) is 25.4. The SMILES string of the molecule is C=CC(=O)OCCCCCCCCCCOc1ccc(C(=O)Oc2ccc(-c3ccc(OCCCCC)cn3)cc2)cc1. The second kappa shape index (κ2) is 19.9. The monoisotopic (exact) mass is 587 g/mol. The van der Waals surface area contributed by atoms with Crippen LogP contribution in [0.5, 0.6) is 17.2 Å². The number of hydrogen-bond donors (Lipinski definition) is 0. The van der Waals surface area contributed by atoms with Crippen LogP contribution < -0.4 is 14.2 Å². The molecule has 0 unspecified atom stereocenters. The Labute approximate surface area is 256 Å². The highest BCUT2D eigenvalue weighted by Gasteiger charge is 2.10. The molecule has 7 heteroatoms. The van der Waals surface area contributed by atoms with Crippen molar-refractivity contribution in [1.29, 1.82) is 0 Å². The van der Waals surface area contributed by atoms with E-state index in [-0.39, 0.29) is 5.97 Å². The molecule has 0 atom stereocenters. The molecule has 230 valence electrons. The van der Waals surface area contributed by atoms with Gasteiger partial charge in [0, 0.05) is 11.6 Å². The Balaban J connectivity index is 1.29. The van der Waals surface area contributed by atoms with Crippen LogP contribution in [0, 0.1) is 0 Å². The fraction of sp³-hybridized carbons (Fsp3) is 0.417. The number of benzene rings is 2. The average molecular weight is 588 g/mol. The van der Waals surface area contributed by atoms with Gasteiger partial charge in [-0.15, -0.1) is 0 Å². The highest BCUT2D eigenvalue weighted by Crippen LogP contribution is 2.23. The zero-order chi connectivity index (χ0) is 30.5. The van der Waals surface area contributed by atoms with E-state index in [2.05, 4.69) is 18.5 Å². The van der Waals surface area contributed by atoms with Crippen LogP contribution >= 0.6 is 0 Å². The molecule has 0 aliphatic heterocycles. The van der Waals surface area contributed by atoms with E-state index < -0.39 is 5.97 Å². The summed E-state index contributed by atoms with van der Waals surface area (Å²) in [5.74, 6) is 1.21. The van der Waals surface area contributed by atoms with Crippen molar-refractivity contribution in [3.8, 4) is 28.5 Å². The Morgan fingerprint density at radius 1 is 0.674 bits per heavy atom. The number of nitrogens with zero attached hydrogens (tertiary/aromatic N) is 1. The van der Waals surface area contributed by atoms with Crippen LogP contribution in [-0.2, 0) is 9.53 Å². The third-order valence-electron chi connectivity index (χ3n) is 6.92. The lowest BCUT2D eigenvalue weighted by Crippen LogP contribution is -2.08. The molecule has 3 aromatic rings. The summed E-state index contributed by atoms with van der Waals surface area (Å²) in [7, 11) is 0. The molecule has 0 saturated heterocycles. The van der Waals surface area contributed by atoms with Crippen molar-refractivity contribution >= 4 is 11.9 Å². The molecule has 43 heavy (non-hydrogen) atoms. The van der Waals surface area contributed by atoms with Gasteiger partial charge in [-0.3, -0.25) is 4.98 Å². The van der Waals surface area contributed by atoms with Crippen molar-refractivity contribution in [3.63, 3.8) is 0 Å². The fourth-order valence-corrected chi connectivity index (χ4v) is 4.41. The van der Waals surface area contributed by atoms with Crippen molar-refractivity contribution in [2.24, 2.45) is 0 Å². The Hall–Kier alpha value is -4.13. The van der Waals surface area contributed by atoms with Gasteiger partial charge in [0.25, 0.3) is 0 Å². The van der Waals surface area contributed by atoms with Crippen molar-refractivity contribution in [2.75, 3.05) is 19.8 Å². The predicted molar refractivity (Wildman–Crippen MR) is 170 cm³/mol. The van der Waals surface area contributed by atoms with E-state index in [1.165, 1.54) is 25.3 Å². The molecular weight excluding hydrogens is 542 g/mol. The van der Waals surface area contributed by atoms with Gasteiger partial charge >= 0.3 is 11.9 Å². The summed E-state index contributed by atoms with van der Waals surface area (Å²) in [5.41, 5.74) is 2.22. The first-order valence-electron chi connectivity index (χ1n) is 15.5. The molecule has 0 N–H and O–H groups in total. The lowest BCUT2D eigenvalue weighted by Gasteiger charge is -2.09. The van der Waals surface area contributed by atoms with Crippen LogP contribution in [0.3, 0.4) is 0 Å². The van der Waals surface area contributed by atoms with Gasteiger partial charge in [0.05, 0.1) is 37.3 Å². The van der Waals surface area contributed by atoms with Gasteiger partial charge in [0.15, 0.2) is 0 Å². The Bertz CT molecular complexity index is 1220. The molecule has 0 spiro atoms. The lowest BCUT2D eigenvalue weighted by molar-refractivity contribution is -0.137. The second-order valence-corrected chi connectivity index (χ2v) is 10.4. The number of aromatic nitrogens is 1. The topological polar surface area (TPSA) is 84.0 Å². The van der Waals surface area contributed by atoms with Crippen molar-refractivity contribution < 1.29 is 28.5 Å². The normalized spacial score (nSPS) is 10.6. The summed E-state index contributed by atoms with van der Waals surface area (Å²) in [6.07, 6.45) is 15.1. The quantitative estimate of drug-likeness (QED) is 0.0533. The van der Waals surface area contributed by atoms with E-state index in [1.54, 1.807) is 42.6 Å². The number of unbranched alkanes of at least 4 members (excludes halogenated alkanes) is 9. The molecule has 0 radical (unpaired) electrons. The standard InChI is InChI=1S/C36H45NO6/c1-3-5-12-25-41-33-23-24-34(37-28-33)29-15-21-32(22-16-29)43-36(39)30-17-19-31(20-18-30)40-26-13-10-8-6-7-9-11-14-27-42-35(38)4-2/h4,15-24,28H,2-3,5-14,25-27H2,1H3. The maximum Gasteiger partial charge on any atom is 0.343 e. The largest absolute Gasteiger partial charge is 0.494 e. The number of esters is 2. The third kappa shape index (κ3) is 13.2.